The third-order valence-corrected chi connectivity index (χ3v) is 2.74. The van der Waals surface area contributed by atoms with Crippen LogP contribution in [0.2, 0.25) is 0 Å². The van der Waals surface area contributed by atoms with E-state index in [4.69, 9.17) is 5.11 Å². The van der Waals surface area contributed by atoms with Gasteiger partial charge in [-0.3, -0.25) is 0 Å². The van der Waals surface area contributed by atoms with Crippen LogP contribution in [0.3, 0.4) is 0 Å². The number of rotatable bonds is 5. The van der Waals surface area contributed by atoms with Crippen LogP contribution < -0.4 is 4.90 Å². The highest BCUT2D eigenvalue weighted by atomic mass is 19.4. The minimum absolute atomic E-state index is 0.260. The SMILES string of the molecule is C=C(C)CN(CC)c1ccc(C(F)(F)F)cc1C(=O)O. The van der Waals surface area contributed by atoms with E-state index in [1.165, 1.54) is 6.07 Å². The molecule has 20 heavy (non-hydrogen) atoms. The van der Waals surface area contributed by atoms with E-state index in [0.717, 1.165) is 11.6 Å². The predicted molar refractivity (Wildman–Crippen MR) is 71.1 cm³/mol. The fourth-order valence-corrected chi connectivity index (χ4v) is 1.85. The van der Waals surface area contributed by atoms with Gasteiger partial charge in [0.15, 0.2) is 0 Å². The van der Waals surface area contributed by atoms with Crippen molar-refractivity contribution in [3.63, 3.8) is 0 Å². The number of anilines is 1. The number of nitrogens with zero attached hydrogens (tertiary/aromatic N) is 1. The van der Waals surface area contributed by atoms with E-state index >= 15 is 0 Å². The Balaban J connectivity index is 3.32. The van der Waals surface area contributed by atoms with Crippen molar-refractivity contribution in [2.45, 2.75) is 20.0 Å². The first kappa shape index (κ1) is 16.1. The number of halogens is 3. The van der Waals surface area contributed by atoms with Gasteiger partial charge in [-0.25, -0.2) is 4.79 Å². The van der Waals surface area contributed by atoms with Crippen molar-refractivity contribution in [3.8, 4) is 0 Å². The molecule has 1 aromatic carbocycles. The number of carboxylic acids is 1. The molecule has 0 aliphatic heterocycles. The molecule has 0 heterocycles. The van der Waals surface area contributed by atoms with Crippen LogP contribution >= 0.6 is 0 Å². The van der Waals surface area contributed by atoms with Gasteiger partial charge in [-0.15, -0.1) is 0 Å². The molecule has 0 aromatic heterocycles. The van der Waals surface area contributed by atoms with Gasteiger partial charge in [-0.05, 0) is 32.0 Å². The second-order valence-electron chi connectivity index (χ2n) is 4.51. The number of alkyl halides is 3. The zero-order valence-electron chi connectivity index (χ0n) is 11.3. The summed E-state index contributed by atoms with van der Waals surface area (Å²) in [5.41, 5.74) is -0.271. The van der Waals surface area contributed by atoms with Gasteiger partial charge in [0.1, 0.15) is 0 Å². The van der Waals surface area contributed by atoms with Gasteiger partial charge in [0.2, 0.25) is 0 Å². The van der Waals surface area contributed by atoms with Crippen LogP contribution in [0, 0.1) is 0 Å². The summed E-state index contributed by atoms with van der Waals surface area (Å²) >= 11 is 0. The molecule has 1 aromatic rings. The lowest BCUT2D eigenvalue weighted by Gasteiger charge is -2.25. The average molecular weight is 287 g/mol. The summed E-state index contributed by atoms with van der Waals surface area (Å²) in [5.74, 6) is -1.38. The molecule has 0 saturated carbocycles. The van der Waals surface area contributed by atoms with Crippen molar-refractivity contribution in [1.82, 2.24) is 0 Å². The molecule has 0 fully saturated rings. The lowest BCUT2D eigenvalue weighted by Crippen LogP contribution is -2.26. The first-order chi connectivity index (χ1) is 9.16. The summed E-state index contributed by atoms with van der Waals surface area (Å²) in [6.07, 6.45) is -4.56. The Labute approximate surface area is 115 Å². The number of hydrogen-bond donors (Lipinski definition) is 1. The third-order valence-electron chi connectivity index (χ3n) is 2.74. The molecule has 110 valence electrons. The number of carboxylic acid groups (broad SMARTS) is 1. The topological polar surface area (TPSA) is 40.5 Å². The Hall–Kier alpha value is -1.98. The molecule has 0 unspecified atom stereocenters. The summed E-state index contributed by atoms with van der Waals surface area (Å²) in [6, 6.07) is 2.75. The number of aromatic carboxylic acids is 1. The lowest BCUT2D eigenvalue weighted by molar-refractivity contribution is -0.137. The van der Waals surface area contributed by atoms with E-state index < -0.39 is 17.7 Å². The highest BCUT2D eigenvalue weighted by Crippen LogP contribution is 2.33. The Morgan fingerprint density at radius 1 is 1.40 bits per heavy atom. The van der Waals surface area contributed by atoms with Crippen LogP contribution in [0.25, 0.3) is 0 Å². The zero-order valence-corrected chi connectivity index (χ0v) is 11.3. The molecule has 6 heteroatoms. The zero-order chi connectivity index (χ0) is 15.5. The highest BCUT2D eigenvalue weighted by molar-refractivity contribution is 5.94. The molecule has 0 aliphatic carbocycles. The summed E-state index contributed by atoms with van der Waals surface area (Å²) in [5, 5.41) is 9.12. The van der Waals surface area contributed by atoms with Crippen molar-refractivity contribution in [3.05, 3.63) is 41.5 Å². The van der Waals surface area contributed by atoms with Gasteiger partial charge >= 0.3 is 12.1 Å². The smallest absolute Gasteiger partial charge is 0.416 e. The molecule has 0 saturated heterocycles. The quantitative estimate of drug-likeness (QED) is 0.837. The maximum atomic E-state index is 12.6. The third kappa shape index (κ3) is 3.76. The molecule has 0 spiro atoms. The number of likely N-dealkylation sites (N-methyl/N-ethyl adjacent to an activating group) is 1. The van der Waals surface area contributed by atoms with E-state index in [9.17, 15) is 18.0 Å². The highest BCUT2D eigenvalue weighted by Gasteiger charge is 2.32. The van der Waals surface area contributed by atoms with Gasteiger partial charge < -0.3 is 10.0 Å². The van der Waals surface area contributed by atoms with Gasteiger partial charge in [-0.2, -0.15) is 13.2 Å². The van der Waals surface area contributed by atoms with Gasteiger partial charge in [0, 0.05) is 13.1 Å². The van der Waals surface area contributed by atoms with Crippen LogP contribution in [0.5, 0.6) is 0 Å². The van der Waals surface area contributed by atoms with Crippen LogP contribution in [-0.2, 0) is 6.18 Å². The minimum Gasteiger partial charge on any atom is -0.478 e. The largest absolute Gasteiger partial charge is 0.478 e. The van der Waals surface area contributed by atoms with Crippen molar-refractivity contribution in [2.24, 2.45) is 0 Å². The van der Waals surface area contributed by atoms with E-state index in [2.05, 4.69) is 6.58 Å². The fourth-order valence-electron chi connectivity index (χ4n) is 1.85. The first-order valence-electron chi connectivity index (χ1n) is 6.00. The van der Waals surface area contributed by atoms with Crippen molar-refractivity contribution in [2.75, 3.05) is 18.0 Å². The Morgan fingerprint density at radius 3 is 2.40 bits per heavy atom. The van der Waals surface area contributed by atoms with Gasteiger partial charge in [0.25, 0.3) is 0 Å². The average Bonchev–Trinajstić information content (AvgIpc) is 2.33. The second-order valence-corrected chi connectivity index (χ2v) is 4.51. The molecule has 0 aliphatic rings. The van der Waals surface area contributed by atoms with Crippen molar-refractivity contribution < 1.29 is 23.1 Å². The Bertz CT molecular complexity index is 524. The van der Waals surface area contributed by atoms with E-state index in [1.807, 2.05) is 0 Å². The number of hydrogen-bond acceptors (Lipinski definition) is 2. The monoisotopic (exact) mass is 287 g/mol. The summed E-state index contributed by atoms with van der Waals surface area (Å²) < 4.78 is 37.9. The second kappa shape index (κ2) is 5.98. The van der Waals surface area contributed by atoms with E-state index in [-0.39, 0.29) is 11.3 Å². The van der Waals surface area contributed by atoms with E-state index in [1.54, 1.807) is 18.7 Å². The Kier molecular flexibility index (Phi) is 4.81. The minimum atomic E-state index is -4.56. The standard InChI is InChI=1S/C14H16F3NO2/c1-4-18(8-9(2)3)12-6-5-10(14(15,16)17)7-11(12)13(19)20/h5-7H,2,4,8H2,1,3H3,(H,19,20). The Morgan fingerprint density at radius 2 is 2.00 bits per heavy atom. The van der Waals surface area contributed by atoms with E-state index in [0.29, 0.717) is 19.2 Å². The normalized spacial score (nSPS) is 11.2. The number of carbonyl (C=O) groups is 1. The van der Waals surface area contributed by atoms with Crippen molar-refractivity contribution in [1.29, 1.82) is 0 Å². The molecule has 0 amide bonds. The van der Waals surface area contributed by atoms with Crippen LogP contribution in [-0.4, -0.2) is 24.2 Å². The summed E-state index contributed by atoms with van der Waals surface area (Å²) in [6.45, 7) is 8.16. The van der Waals surface area contributed by atoms with Crippen LogP contribution in [0.15, 0.2) is 30.4 Å². The molecular weight excluding hydrogens is 271 g/mol. The summed E-state index contributed by atoms with van der Waals surface area (Å²) in [4.78, 5) is 12.9. The fraction of sp³-hybridized carbons (Fsp3) is 0.357. The lowest BCUT2D eigenvalue weighted by atomic mass is 10.1. The molecular formula is C14H16F3NO2. The molecule has 3 nitrogen and oxygen atoms in total. The maximum Gasteiger partial charge on any atom is 0.416 e. The molecule has 0 radical (unpaired) electrons. The number of benzene rings is 1. The molecule has 1 N–H and O–H groups in total. The molecule has 1 rings (SSSR count). The molecule has 0 atom stereocenters. The van der Waals surface area contributed by atoms with Crippen LogP contribution in [0.4, 0.5) is 18.9 Å². The van der Waals surface area contributed by atoms with Crippen molar-refractivity contribution >= 4 is 11.7 Å². The van der Waals surface area contributed by atoms with Gasteiger partial charge in [-0.1, -0.05) is 12.2 Å². The first-order valence-corrected chi connectivity index (χ1v) is 6.00. The predicted octanol–water partition coefficient (Wildman–Crippen LogP) is 3.81. The van der Waals surface area contributed by atoms with Crippen LogP contribution in [0.1, 0.15) is 29.8 Å². The van der Waals surface area contributed by atoms with Gasteiger partial charge in [0.05, 0.1) is 16.8 Å². The maximum absolute atomic E-state index is 12.6. The molecule has 0 bridgehead atoms. The summed E-state index contributed by atoms with van der Waals surface area (Å²) in [7, 11) is 0.